The Bertz CT molecular complexity index is 511. The van der Waals surface area contributed by atoms with Crippen LogP contribution in [0.1, 0.15) is 18.9 Å². The Balaban J connectivity index is 1.95. The number of hydrogen-bond acceptors (Lipinski definition) is 4. The van der Waals surface area contributed by atoms with Gasteiger partial charge in [0.25, 0.3) is 0 Å². The molecule has 100 valence electrons. The summed E-state index contributed by atoms with van der Waals surface area (Å²) < 4.78 is 0. The zero-order valence-corrected chi connectivity index (χ0v) is 11.0. The van der Waals surface area contributed by atoms with Crippen molar-refractivity contribution in [2.24, 2.45) is 10.9 Å². The number of nitrogens with zero attached hydrogens (tertiary/aromatic N) is 1. The average Bonchev–Trinajstić information content (AvgIpc) is 2.92. The van der Waals surface area contributed by atoms with Crippen molar-refractivity contribution in [2.75, 3.05) is 6.54 Å². The fourth-order valence-corrected chi connectivity index (χ4v) is 2.99. The largest absolute Gasteiger partial charge is 0.383 e. The van der Waals surface area contributed by atoms with Crippen molar-refractivity contribution in [3.05, 3.63) is 47.7 Å². The molecule has 0 aliphatic carbocycles. The minimum absolute atomic E-state index is 0.0661. The third kappa shape index (κ3) is 1.97. The van der Waals surface area contributed by atoms with Crippen molar-refractivity contribution in [3.63, 3.8) is 0 Å². The molecular formula is C15H19N3O. The maximum Gasteiger partial charge on any atom is 0.107 e. The molecule has 0 bridgehead atoms. The molecule has 0 radical (unpaired) electrons. The minimum Gasteiger partial charge on any atom is -0.383 e. The van der Waals surface area contributed by atoms with Crippen LogP contribution in [0.4, 0.5) is 0 Å². The minimum atomic E-state index is -0.888. The molecule has 4 nitrogen and oxygen atoms in total. The Labute approximate surface area is 113 Å². The van der Waals surface area contributed by atoms with E-state index in [0.717, 1.165) is 11.3 Å². The van der Waals surface area contributed by atoms with Crippen LogP contribution in [0.5, 0.6) is 0 Å². The fraction of sp³-hybridized carbons (Fsp3) is 0.400. The summed E-state index contributed by atoms with van der Waals surface area (Å²) in [6.45, 7) is 2.73. The van der Waals surface area contributed by atoms with Gasteiger partial charge in [-0.1, -0.05) is 37.3 Å². The van der Waals surface area contributed by atoms with E-state index in [1.165, 1.54) is 0 Å². The molecule has 3 atom stereocenters. The van der Waals surface area contributed by atoms with Gasteiger partial charge in [-0.05, 0) is 18.1 Å². The predicted octanol–water partition coefficient (Wildman–Crippen LogP) is 1.35. The summed E-state index contributed by atoms with van der Waals surface area (Å²) in [6, 6.07) is 9.81. The third-order valence-electron chi connectivity index (χ3n) is 4.16. The normalized spacial score (nSPS) is 28.2. The molecule has 2 aliphatic rings. The number of hydrogen-bond donors (Lipinski definition) is 3. The molecule has 4 heteroatoms. The van der Waals surface area contributed by atoms with Gasteiger partial charge >= 0.3 is 0 Å². The van der Waals surface area contributed by atoms with E-state index >= 15 is 0 Å². The van der Waals surface area contributed by atoms with Gasteiger partial charge < -0.3 is 10.5 Å². The van der Waals surface area contributed by atoms with Crippen LogP contribution in [0, 0.1) is 5.92 Å². The molecule has 0 amide bonds. The molecule has 3 N–H and O–H groups in total. The number of fused-ring (bicyclic) bond motifs is 1. The van der Waals surface area contributed by atoms with Gasteiger partial charge in [-0.25, -0.2) is 5.43 Å². The lowest BCUT2D eigenvalue weighted by molar-refractivity contribution is -0.0143. The maximum absolute atomic E-state index is 11.1. The highest BCUT2D eigenvalue weighted by molar-refractivity contribution is 5.73. The van der Waals surface area contributed by atoms with Crippen LogP contribution in [0.15, 0.2) is 47.1 Å². The van der Waals surface area contributed by atoms with Gasteiger partial charge in [-0.3, -0.25) is 4.99 Å². The van der Waals surface area contributed by atoms with Crippen LogP contribution in [0.3, 0.4) is 0 Å². The molecule has 1 aromatic rings. The molecule has 0 aromatic heterocycles. The quantitative estimate of drug-likeness (QED) is 0.766. The Hall–Kier alpha value is -1.65. The summed E-state index contributed by atoms with van der Waals surface area (Å²) in [7, 11) is 0. The van der Waals surface area contributed by atoms with Crippen LogP contribution in [0.2, 0.25) is 0 Å². The molecule has 0 spiro atoms. The Kier molecular flexibility index (Phi) is 3.12. The van der Waals surface area contributed by atoms with Gasteiger partial charge in [-0.15, -0.1) is 0 Å². The van der Waals surface area contributed by atoms with Gasteiger partial charge in [0, 0.05) is 24.4 Å². The van der Waals surface area contributed by atoms with E-state index in [0.29, 0.717) is 13.0 Å². The predicted molar refractivity (Wildman–Crippen MR) is 75.6 cm³/mol. The number of hydrazine groups is 1. The summed E-state index contributed by atoms with van der Waals surface area (Å²) in [4.78, 5) is 4.32. The smallest absolute Gasteiger partial charge is 0.107 e. The van der Waals surface area contributed by atoms with Crippen LogP contribution in [-0.4, -0.2) is 23.9 Å². The van der Waals surface area contributed by atoms with Gasteiger partial charge in [-0.2, -0.15) is 0 Å². The first-order valence-electron chi connectivity index (χ1n) is 6.75. The van der Waals surface area contributed by atoms with Gasteiger partial charge in [0.1, 0.15) is 5.60 Å². The Morgan fingerprint density at radius 2 is 2.16 bits per heavy atom. The summed E-state index contributed by atoms with van der Waals surface area (Å²) in [6.07, 6.45) is 4.45. The zero-order chi connectivity index (χ0) is 13.3. The van der Waals surface area contributed by atoms with E-state index < -0.39 is 5.60 Å². The topological polar surface area (TPSA) is 56.6 Å². The highest BCUT2D eigenvalue weighted by Gasteiger charge is 2.46. The van der Waals surface area contributed by atoms with Crippen LogP contribution in [-0.2, 0) is 5.60 Å². The molecule has 3 rings (SSSR count). The van der Waals surface area contributed by atoms with E-state index in [4.69, 9.17) is 0 Å². The third-order valence-corrected chi connectivity index (χ3v) is 4.16. The number of aliphatic hydroxyl groups is 1. The van der Waals surface area contributed by atoms with Crippen LogP contribution >= 0.6 is 0 Å². The standard InChI is InChI=1S/C15H19N3O/c1-2-15(19,11-6-4-3-5-7-11)14-12-10-16-9-8-13(12)17-18-14/h3-9,12,14,17-19H,2,10H2,1H3. The Morgan fingerprint density at radius 3 is 2.89 bits per heavy atom. The van der Waals surface area contributed by atoms with Crippen molar-refractivity contribution in [2.45, 2.75) is 25.0 Å². The summed E-state index contributed by atoms with van der Waals surface area (Å²) in [5, 5.41) is 11.1. The summed E-state index contributed by atoms with van der Waals surface area (Å²) >= 11 is 0. The molecule has 19 heavy (non-hydrogen) atoms. The molecule has 1 fully saturated rings. The molecule has 0 saturated carbocycles. The highest BCUT2D eigenvalue weighted by atomic mass is 16.3. The van der Waals surface area contributed by atoms with E-state index in [1.54, 1.807) is 0 Å². The van der Waals surface area contributed by atoms with E-state index in [2.05, 4.69) is 15.8 Å². The second-order valence-corrected chi connectivity index (χ2v) is 5.13. The lowest BCUT2D eigenvalue weighted by atomic mass is 9.77. The van der Waals surface area contributed by atoms with Gasteiger partial charge in [0.05, 0.1) is 6.04 Å². The number of dihydropyridines is 1. The first-order chi connectivity index (χ1) is 9.25. The van der Waals surface area contributed by atoms with E-state index in [9.17, 15) is 5.11 Å². The van der Waals surface area contributed by atoms with Crippen LogP contribution in [0.25, 0.3) is 0 Å². The lowest BCUT2D eigenvalue weighted by Crippen LogP contribution is -2.50. The summed E-state index contributed by atoms with van der Waals surface area (Å²) in [5.41, 5.74) is 7.60. The molecule has 3 unspecified atom stereocenters. The van der Waals surface area contributed by atoms with Crippen molar-refractivity contribution in [1.82, 2.24) is 10.9 Å². The summed E-state index contributed by atoms with van der Waals surface area (Å²) in [5.74, 6) is 0.204. The van der Waals surface area contributed by atoms with Crippen molar-refractivity contribution in [1.29, 1.82) is 0 Å². The number of rotatable bonds is 3. The van der Waals surface area contributed by atoms with E-state index in [1.807, 2.05) is 49.5 Å². The van der Waals surface area contributed by atoms with Gasteiger partial charge in [0.2, 0.25) is 0 Å². The highest BCUT2D eigenvalue weighted by Crippen LogP contribution is 2.37. The molecule has 2 aliphatic heterocycles. The first kappa shape index (κ1) is 12.4. The van der Waals surface area contributed by atoms with E-state index in [-0.39, 0.29) is 12.0 Å². The van der Waals surface area contributed by atoms with Crippen molar-refractivity contribution in [3.8, 4) is 0 Å². The van der Waals surface area contributed by atoms with Crippen molar-refractivity contribution < 1.29 is 5.11 Å². The molecule has 1 saturated heterocycles. The first-order valence-corrected chi connectivity index (χ1v) is 6.75. The fourth-order valence-electron chi connectivity index (χ4n) is 2.99. The SMILES string of the molecule is CCC(O)(c1ccccc1)C1NNC2=CC=NCC21. The molecule has 2 heterocycles. The zero-order valence-electron chi connectivity index (χ0n) is 11.0. The number of allylic oxidation sites excluding steroid dienone is 1. The number of benzene rings is 1. The average molecular weight is 257 g/mol. The second kappa shape index (κ2) is 4.79. The molecular weight excluding hydrogens is 238 g/mol. The Morgan fingerprint density at radius 1 is 1.37 bits per heavy atom. The monoisotopic (exact) mass is 257 g/mol. The molecule has 1 aromatic carbocycles. The lowest BCUT2D eigenvalue weighted by Gasteiger charge is -2.36. The maximum atomic E-state index is 11.1. The number of nitrogens with one attached hydrogen (secondary N) is 2. The second-order valence-electron chi connectivity index (χ2n) is 5.13. The van der Waals surface area contributed by atoms with Crippen molar-refractivity contribution >= 4 is 6.21 Å². The van der Waals surface area contributed by atoms with Gasteiger partial charge in [0.15, 0.2) is 0 Å². The number of aliphatic imine (C=N–C) groups is 1. The van der Waals surface area contributed by atoms with Crippen LogP contribution < -0.4 is 10.9 Å².